The Morgan fingerprint density at radius 3 is 2.50 bits per heavy atom. The third-order valence-corrected chi connectivity index (χ3v) is 2.88. The Morgan fingerprint density at radius 2 is 2.00 bits per heavy atom. The minimum atomic E-state index is -3.35. The molecule has 0 amide bonds. The molecule has 1 aromatic rings. The van der Waals surface area contributed by atoms with Crippen LogP contribution in [-0.4, -0.2) is 21.2 Å². The Morgan fingerprint density at radius 1 is 1.36 bits per heavy atom. The molecule has 14 heavy (non-hydrogen) atoms. The Labute approximate surface area is 82.7 Å². The molecule has 0 radical (unpaired) electrons. The maximum absolute atomic E-state index is 13.0. The predicted molar refractivity (Wildman–Crippen MR) is 52.3 cm³/mol. The van der Waals surface area contributed by atoms with Gasteiger partial charge in [-0.05, 0) is 36.7 Å². The minimum absolute atomic E-state index is 0.000880. The van der Waals surface area contributed by atoms with E-state index >= 15 is 0 Å². The van der Waals surface area contributed by atoms with Crippen molar-refractivity contribution >= 4 is 9.84 Å². The molecule has 0 atom stereocenters. The van der Waals surface area contributed by atoms with Crippen LogP contribution in [-0.2, 0) is 16.3 Å². The first-order valence-electron chi connectivity index (χ1n) is 4.13. The van der Waals surface area contributed by atoms with E-state index in [1.54, 1.807) is 0 Å². The maximum Gasteiger partial charge on any atom is 0.175 e. The average Bonchev–Trinajstić information content (AvgIpc) is 2.02. The number of rotatable bonds is 3. The topological polar surface area (TPSA) is 60.2 Å². The van der Waals surface area contributed by atoms with E-state index in [1.807, 2.05) is 0 Å². The van der Waals surface area contributed by atoms with Crippen LogP contribution in [0, 0.1) is 5.82 Å². The van der Waals surface area contributed by atoms with Crippen LogP contribution in [0.4, 0.5) is 4.39 Å². The second-order valence-electron chi connectivity index (χ2n) is 3.11. The average molecular weight is 217 g/mol. The highest BCUT2D eigenvalue weighted by Gasteiger charge is 2.09. The first-order valence-corrected chi connectivity index (χ1v) is 6.02. The summed E-state index contributed by atoms with van der Waals surface area (Å²) in [7, 11) is -3.35. The molecule has 0 aliphatic heterocycles. The van der Waals surface area contributed by atoms with Gasteiger partial charge in [0.2, 0.25) is 0 Å². The summed E-state index contributed by atoms with van der Waals surface area (Å²) in [6.07, 6.45) is 1.52. The van der Waals surface area contributed by atoms with Crippen molar-refractivity contribution in [2.75, 3.05) is 12.8 Å². The number of sulfone groups is 1. The standard InChI is InChI=1S/C9H12FNO2S/c1-14(12,13)9-5-7(2-3-11)4-8(10)6-9/h4-6H,2-3,11H2,1H3. The first-order chi connectivity index (χ1) is 6.43. The van der Waals surface area contributed by atoms with E-state index in [4.69, 9.17) is 5.73 Å². The Balaban J connectivity index is 3.21. The number of benzene rings is 1. The van der Waals surface area contributed by atoms with E-state index in [9.17, 15) is 12.8 Å². The molecule has 0 unspecified atom stereocenters. The molecular formula is C9H12FNO2S. The smallest absolute Gasteiger partial charge is 0.175 e. The number of halogens is 1. The molecule has 0 fully saturated rings. The number of hydrogen-bond donors (Lipinski definition) is 1. The lowest BCUT2D eigenvalue weighted by Gasteiger charge is -2.03. The molecule has 0 aliphatic rings. The molecule has 0 aliphatic carbocycles. The van der Waals surface area contributed by atoms with Crippen molar-refractivity contribution in [1.82, 2.24) is 0 Å². The van der Waals surface area contributed by atoms with Crippen molar-refractivity contribution in [3.05, 3.63) is 29.6 Å². The molecule has 0 bridgehead atoms. The van der Waals surface area contributed by atoms with E-state index in [0.717, 1.165) is 12.3 Å². The van der Waals surface area contributed by atoms with Crippen molar-refractivity contribution in [3.8, 4) is 0 Å². The molecule has 0 saturated heterocycles. The summed E-state index contributed by atoms with van der Waals surface area (Å²) >= 11 is 0. The van der Waals surface area contributed by atoms with Crippen molar-refractivity contribution in [2.45, 2.75) is 11.3 Å². The lowest BCUT2D eigenvalue weighted by atomic mass is 10.1. The zero-order chi connectivity index (χ0) is 10.8. The zero-order valence-corrected chi connectivity index (χ0v) is 8.64. The predicted octanol–water partition coefficient (Wildman–Crippen LogP) is 0.730. The van der Waals surface area contributed by atoms with Crippen LogP contribution >= 0.6 is 0 Å². The van der Waals surface area contributed by atoms with E-state index in [-0.39, 0.29) is 4.90 Å². The van der Waals surface area contributed by atoms with Crippen LogP contribution in [0.5, 0.6) is 0 Å². The van der Waals surface area contributed by atoms with Gasteiger partial charge in [0, 0.05) is 6.26 Å². The van der Waals surface area contributed by atoms with Crippen LogP contribution in [0.1, 0.15) is 5.56 Å². The Hall–Kier alpha value is -0.940. The van der Waals surface area contributed by atoms with Gasteiger partial charge in [0.15, 0.2) is 9.84 Å². The summed E-state index contributed by atoms with van der Waals surface area (Å²) in [5.41, 5.74) is 5.90. The molecule has 2 N–H and O–H groups in total. The zero-order valence-electron chi connectivity index (χ0n) is 7.83. The molecule has 5 heteroatoms. The molecule has 0 aromatic heterocycles. The summed E-state index contributed by atoms with van der Waals surface area (Å²) in [6.45, 7) is 0.368. The van der Waals surface area contributed by atoms with Gasteiger partial charge in [0.25, 0.3) is 0 Å². The van der Waals surface area contributed by atoms with Gasteiger partial charge >= 0.3 is 0 Å². The highest BCUT2D eigenvalue weighted by Crippen LogP contribution is 2.14. The second-order valence-corrected chi connectivity index (χ2v) is 5.12. The fourth-order valence-electron chi connectivity index (χ4n) is 1.15. The van der Waals surface area contributed by atoms with Gasteiger partial charge in [-0.1, -0.05) is 0 Å². The van der Waals surface area contributed by atoms with E-state index in [0.29, 0.717) is 18.5 Å². The van der Waals surface area contributed by atoms with Crippen LogP contribution in [0.25, 0.3) is 0 Å². The van der Waals surface area contributed by atoms with E-state index in [2.05, 4.69) is 0 Å². The Bertz CT molecular complexity index is 428. The first kappa shape index (κ1) is 11.1. The van der Waals surface area contributed by atoms with Gasteiger partial charge in [-0.3, -0.25) is 0 Å². The lowest BCUT2D eigenvalue weighted by Crippen LogP contribution is -2.05. The van der Waals surface area contributed by atoms with E-state index in [1.165, 1.54) is 12.1 Å². The SMILES string of the molecule is CS(=O)(=O)c1cc(F)cc(CCN)c1. The molecular weight excluding hydrogens is 205 g/mol. The van der Waals surface area contributed by atoms with Crippen molar-refractivity contribution in [1.29, 1.82) is 0 Å². The quantitative estimate of drug-likeness (QED) is 0.812. The molecule has 78 valence electrons. The van der Waals surface area contributed by atoms with Gasteiger partial charge < -0.3 is 5.73 Å². The lowest BCUT2D eigenvalue weighted by molar-refractivity contribution is 0.595. The fraction of sp³-hybridized carbons (Fsp3) is 0.333. The van der Waals surface area contributed by atoms with Gasteiger partial charge in [0.05, 0.1) is 4.90 Å². The summed E-state index contributed by atoms with van der Waals surface area (Å²) in [6, 6.07) is 3.75. The summed E-state index contributed by atoms with van der Waals surface area (Å²) in [5, 5.41) is 0. The molecule has 1 aromatic carbocycles. The number of hydrogen-bond acceptors (Lipinski definition) is 3. The monoisotopic (exact) mass is 217 g/mol. The highest BCUT2D eigenvalue weighted by atomic mass is 32.2. The third-order valence-electron chi connectivity index (χ3n) is 1.79. The highest BCUT2D eigenvalue weighted by molar-refractivity contribution is 7.90. The maximum atomic E-state index is 13.0. The van der Waals surface area contributed by atoms with Crippen LogP contribution < -0.4 is 5.73 Å². The van der Waals surface area contributed by atoms with Gasteiger partial charge in [-0.25, -0.2) is 12.8 Å². The van der Waals surface area contributed by atoms with E-state index < -0.39 is 15.7 Å². The summed E-state index contributed by atoms with van der Waals surface area (Å²) in [5.74, 6) is -0.545. The molecule has 1 rings (SSSR count). The summed E-state index contributed by atoms with van der Waals surface area (Å²) in [4.78, 5) is 0.000880. The van der Waals surface area contributed by atoms with Crippen LogP contribution in [0.3, 0.4) is 0 Å². The minimum Gasteiger partial charge on any atom is -0.330 e. The van der Waals surface area contributed by atoms with Gasteiger partial charge in [-0.2, -0.15) is 0 Å². The van der Waals surface area contributed by atoms with Crippen molar-refractivity contribution < 1.29 is 12.8 Å². The van der Waals surface area contributed by atoms with Crippen molar-refractivity contribution in [3.63, 3.8) is 0 Å². The second kappa shape index (κ2) is 4.06. The Kier molecular flexibility index (Phi) is 3.23. The van der Waals surface area contributed by atoms with Gasteiger partial charge in [0.1, 0.15) is 5.82 Å². The van der Waals surface area contributed by atoms with Crippen LogP contribution in [0.2, 0.25) is 0 Å². The molecule has 0 saturated carbocycles. The van der Waals surface area contributed by atoms with Crippen LogP contribution in [0.15, 0.2) is 23.1 Å². The van der Waals surface area contributed by atoms with Gasteiger partial charge in [-0.15, -0.1) is 0 Å². The molecule has 0 heterocycles. The van der Waals surface area contributed by atoms with Crippen molar-refractivity contribution in [2.24, 2.45) is 5.73 Å². The summed E-state index contributed by atoms with van der Waals surface area (Å²) < 4.78 is 35.3. The molecule has 0 spiro atoms. The third kappa shape index (κ3) is 2.78. The molecule has 3 nitrogen and oxygen atoms in total. The fourth-order valence-corrected chi connectivity index (χ4v) is 1.84. The largest absolute Gasteiger partial charge is 0.330 e. The number of nitrogens with two attached hydrogens (primary N) is 1. The normalized spacial score (nSPS) is 11.6.